The number of nitrogen functional groups attached to an aromatic ring is 1. The van der Waals surface area contributed by atoms with Crippen molar-refractivity contribution in [2.75, 3.05) is 24.3 Å². The van der Waals surface area contributed by atoms with Crippen molar-refractivity contribution in [3.05, 3.63) is 48.3 Å². The minimum absolute atomic E-state index is 0.261. The van der Waals surface area contributed by atoms with E-state index in [1.54, 1.807) is 29.2 Å². The quantitative estimate of drug-likeness (QED) is 0.839. The lowest BCUT2D eigenvalue weighted by Crippen LogP contribution is -2.11. The Balaban J connectivity index is 2.30. The minimum atomic E-state index is -0.261. The van der Waals surface area contributed by atoms with E-state index in [1.807, 2.05) is 26.1 Å². The second-order valence-electron chi connectivity index (χ2n) is 4.58. The summed E-state index contributed by atoms with van der Waals surface area (Å²) in [6.07, 6.45) is 0.910. The topological polar surface area (TPSA) is 38.5 Å². The molecule has 0 saturated carbocycles. The predicted octanol–water partition coefficient (Wildman–Crippen LogP) is 3.96. The van der Waals surface area contributed by atoms with E-state index in [9.17, 15) is 4.39 Å². The monoisotopic (exact) mass is 274 g/mol. The molecule has 0 fully saturated rings. The molecule has 0 unspecified atom stereocenters. The van der Waals surface area contributed by atoms with Gasteiger partial charge in [0, 0.05) is 18.8 Å². The molecule has 0 amide bonds. The van der Waals surface area contributed by atoms with E-state index in [0.717, 1.165) is 12.1 Å². The lowest BCUT2D eigenvalue weighted by atomic mass is 10.2. The molecule has 0 aliphatic carbocycles. The van der Waals surface area contributed by atoms with Crippen molar-refractivity contribution < 1.29 is 9.13 Å². The first kappa shape index (κ1) is 14.2. The molecule has 0 aliphatic rings. The summed E-state index contributed by atoms with van der Waals surface area (Å²) in [5.41, 5.74) is 7.81. The predicted molar refractivity (Wildman–Crippen MR) is 81.1 cm³/mol. The summed E-state index contributed by atoms with van der Waals surface area (Å²) in [5, 5.41) is 0. The first-order valence-electron chi connectivity index (χ1n) is 6.64. The third-order valence-corrected chi connectivity index (χ3v) is 3.06. The summed E-state index contributed by atoms with van der Waals surface area (Å²) >= 11 is 0. The molecule has 0 atom stereocenters. The number of para-hydroxylation sites is 1. The molecular weight excluding hydrogens is 255 g/mol. The van der Waals surface area contributed by atoms with Gasteiger partial charge >= 0.3 is 0 Å². The fraction of sp³-hybridized carbons (Fsp3) is 0.250. The van der Waals surface area contributed by atoms with Crippen molar-refractivity contribution in [1.82, 2.24) is 0 Å². The molecular formula is C16H19FN2O. The number of nitrogens with zero attached hydrogens (tertiary/aromatic N) is 1. The van der Waals surface area contributed by atoms with E-state index in [1.165, 1.54) is 6.07 Å². The van der Waals surface area contributed by atoms with Gasteiger partial charge in [-0.05, 0) is 30.7 Å². The van der Waals surface area contributed by atoms with Gasteiger partial charge in [-0.1, -0.05) is 19.1 Å². The second kappa shape index (κ2) is 6.28. The number of rotatable bonds is 5. The van der Waals surface area contributed by atoms with Gasteiger partial charge in [0.1, 0.15) is 11.6 Å². The third-order valence-electron chi connectivity index (χ3n) is 3.06. The second-order valence-corrected chi connectivity index (χ2v) is 4.58. The average Bonchev–Trinajstić information content (AvgIpc) is 2.46. The zero-order valence-electron chi connectivity index (χ0n) is 11.8. The van der Waals surface area contributed by atoms with Crippen molar-refractivity contribution in [2.45, 2.75) is 13.3 Å². The molecule has 0 aliphatic heterocycles. The highest BCUT2D eigenvalue weighted by Crippen LogP contribution is 2.32. The Morgan fingerprint density at radius 1 is 1.20 bits per heavy atom. The summed E-state index contributed by atoms with van der Waals surface area (Å²) < 4.78 is 19.4. The Hall–Kier alpha value is -2.23. The molecule has 2 aromatic rings. The van der Waals surface area contributed by atoms with Crippen LogP contribution in [0.1, 0.15) is 13.3 Å². The maximum Gasteiger partial charge on any atom is 0.146 e. The smallest absolute Gasteiger partial charge is 0.146 e. The van der Waals surface area contributed by atoms with Crippen LogP contribution in [0.3, 0.4) is 0 Å². The van der Waals surface area contributed by atoms with Gasteiger partial charge in [0.05, 0.1) is 18.0 Å². The first-order chi connectivity index (χ1) is 9.63. The largest absolute Gasteiger partial charge is 0.491 e. The number of hydrogen-bond acceptors (Lipinski definition) is 3. The highest BCUT2D eigenvalue weighted by atomic mass is 19.1. The van der Waals surface area contributed by atoms with Crippen molar-refractivity contribution in [3.63, 3.8) is 0 Å². The summed E-state index contributed by atoms with van der Waals surface area (Å²) in [5.74, 6) is 0.371. The van der Waals surface area contributed by atoms with Gasteiger partial charge in [0.15, 0.2) is 0 Å². The zero-order valence-corrected chi connectivity index (χ0v) is 11.8. The van der Waals surface area contributed by atoms with Gasteiger partial charge in [-0.3, -0.25) is 0 Å². The van der Waals surface area contributed by atoms with Crippen LogP contribution in [0.5, 0.6) is 5.75 Å². The van der Waals surface area contributed by atoms with Gasteiger partial charge in [0.2, 0.25) is 0 Å². The molecule has 3 nitrogen and oxygen atoms in total. The first-order valence-corrected chi connectivity index (χ1v) is 6.64. The van der Waals surface area contributed by atoms with Crippen LogP contribution in [-0.2, 0) is 0 Å². The SMILES string of the molecule is CCCOc1cc(N(C)c2ccccc2F)ccc1N. The molecule has 0 radical (unpaired) electrons. The number of benzene rings is 2. The lowest BCUT2D eigenvalue weighted by Gasteiger charge is -2.21. The Kier molecular flexibility index (Phi) is 4.45. The zero-order chi connectivity index (χ0) is 14.5. The molecule has 20 heavy (non-hydrogen) atoms. The molecule has 0 aromatic heterocycles. The van der Waals surface area contributed by atoms with Gasteiger partial charge < -0.3 is 15.4 Å². The standard InChI is InChI=1S/C16H19FN2O/c1-3-10-20-16-11-12(8-9-14(16)18)19(2)15-7-5-4-6-13(15)17/h4-9,11H,3,10,18H2,1-2H3. The van der Waals surface area contributed by atoms with Crippen molar-refractivity contribution in [1.29, 1.82) is 0 Å². The number of hydrogen-bond donors (Lipinski definition) is 1. The Labute approximate surface area is 118 Å². The van der Waals surface area contributed by atoms with Gasteiger partial charge in [-0.2, -0.15) is 0 Å². The van der Waals surface area contributed by atoms with Crippen molar-refractivity contribution in [3.8, 4) is 5.75 Å². The number of nitrogens with two attached hydrogens (primary N) is 1. The summed E-state index contributed by atoms with van der Waals surface area (Å²) in [6, 6.07) is 12.1. The van der Waals surface area contributed by atoms with Crippen molar-refractivity contribution >= 4 is 17.1 Å². The lowest BCUT2D eigenvalue weighted by molar-refractivity contribution is 0.319. The number of halogens is 1. The molecule has 0 bridgehead atoms. The maximum absolute atomic E-state index is 13.8. The summed E-state index contributed by atoms with van der Waals surface area (Å²) in [4.78, 5) is 1.77. The maximum atomic E-state index is 13.8. The third kappa shape index (κ3) is 3.02. The van der Waals surface area contributed by atoms with Crippen LogP contribution >= 0.6 is 0 Å². The van der Waals surface area contributed by atoms with Crippen LogP contribution in [0.4, 0.5) is 21.5 Å². The Morgan fingerprint density at radius 2 is 1.95 bits per heavy atom. The van der Waals surface area contributed by atoms with E-state index < -0.39 is 0 Å². The van der Waals surface area contributed by atoms with E-state index in [-0.39, 0.29) is 5.82 Å². The molecule has 0 saturated heterocycles. The fourth-order valence-corrected chi connectivity index (χ4v) is 1.93. The van der Waals surface area contributed by atoms with Crippen LogP contribution in [0, 0.1) is 5.82 Å². The summed E-state index contributed by atoms with van der Waals surface area (Å²) in [6.45, 7) is 2.64. The van der Waals surface area contributed by atoms with Crippen LogP contribution in [0.15, 0.2) is 42.5 Å². The fourth-order valence-electron chi connectivity index (χ4n) is 1.93. The molecule has 0 spiro atoms. The molecule has 4 heteroatoms. The van der Waals surface area contributed by atoms with E-state index in [2.05, 4.69) is 0 Å². The summed E-state index contributed by atoms with van der Waals surface area (Å²) in [7, 11) is 1.81. The molecule has 2 N–H and O–H groups in total. The highest BCUT2D eigenvalue weighted by molar-refractivity contribution is 5.68. The molecule has 0 heterocycles. The van der Waals surface area contributed by atoms with Crippen LogP contribution < -0.4 is 15.4 Å². The normalized spacial score (nSPS) is 10.3. The van der Waals surface area contributed by atoms with E-state index in [4.69, 9.17) is 10.5 Å². The molecule has 106 valence electrons. The van der Waals surface area contributed by atoms with E-state index >= 15 is 0 Å². The average molecular weight is 274 g/mol. The molecule has 2 rings (SSSR count). The minimum Gasteiger partial charge on any atom is -0.491 e. The van der Waals surface area contributed by atoms with Crippen LogP contribution in [-0.4, -0.2) is 13.7 Å². The van der Waals surface area contributed by atoms with Crippen LogP contribution in [0.2, 0.25) is 0 Å². The number of ether oxygens (including phenoxy) is 1. The Morgan fingerprint density at radius 3 is 2.65 bits per heavy atom. The van der Waals surface area contributed by atoms with Gasteiger partial charge in [0.25, 0.3) is 0 Å². The molecule has 2 aromatic carbocycles. The van der Waals surface area contributed by atoms with Gasteiger partial charge in [-0.25, -0.2) is 4.39 Å². The van der Waals surface area contributed by atoms with Crippen LogP contribution in [0.25, 0.3) is 0 Å². The Bertz CT molecular complexity index is 586. The van der Waals surface area contributed by atoms with Gasteiger partial charge in [-0.15, -0.1) is 0 Å². The van der Waals surface area contributed by atoms with Crippen molar-refractivity contribution in [2.24, 2.45) is 0 Å². The van der Waals surface area contributed by atoms with E-state index in [0.29, 0.717) is 23.7 Å². The number of anilines is 3. The highest BCUT2D eigenvalue weighted by Gasteiger charge is 2.11.